The summed E-state index contributed by atoms with van der Waals surface area (Å²) in [6.07, 6.45) is 0.617. The van der Waals surface area contributed by atoms with Crippen molar-refractivity contribution in [3.8, 4) is 0 Å². The van der Waals surface area contributed by atoms with E-state index in [1.807, 2.05) is 31.2 Å². The molecule has 17 heavy (non-hydrogen) atoms. The first-order valence-electron chi connectivity index (χ1n) is 5.54. The van der Waals surface area contributed by atoms with Crippen molar-refractivity contribution in [2.75, 3.05) is 6.54 Å². The van der Waals surface area contributed by atoms with E-state index >= 15 is 0 Å². The zero-order valence-corrected chi connectivity index (χ0v) is 10.1. The van der Waals surface area contributed by atoms with E-state index in [0.717, 1.165) is 5.56 Å². The summed E-state index contributed by atoms with van der Waals surface area (Å²) in [6.45, 7) is 3.47. The normalized spacial score (nSPS) is 11.9. The maximum Gasteiger partial charge on any atom is 0.322 e. The third-order valence-corrected chi connectivity index (χ3v) is 2.52. The summed E-state index contributed by atoms with van der Waals surface area (Å²) in [6, 6.07) is 7.96. The molecule has 1 unspecified atom stereocenters. The van der Waals surface area contributed by atoms with Crippen LogP contribution in [0.25, 0.3) is 0 Å². The van der Waals surface area contributed by atoms with Crippen molar-refractivity contribution in [1.82, 2.24) is 5.32 Å². The Morgan fingerprint density at radius 3 is 2.41 bits per heavy atom. The predicted molar refractivity (Wildman–Crippen MR) is 64.7 cm³/mol. The zero-order valence-electron chi connectivity index (χ0n) is 10.1. The van der Waals surface area contributed by atoms with Crippen LogP contribution >= 0.6 is 0 Å². The molecule has 0 saturated carbocycles. The van der Waals surface area contributed by atoms with Crippen LogP contribution in [-0.2, 0) is 16.0 Å². The van der Waals surface area contributed by atoms with Gasteiger partial charge in [0.25, 0.3) is 0 Å². The standard InChI is InChI=1S/C13H17NO3/c1-9-3-5-11(6-4-9)7-10(2)13(17)14-8-12(15)16/h3-6,10H,7-8H2,1-2H3,(H,14,17)(H,15,16). The molecule has 1 amide bonds. The van der Waals surface area contributed by atoms with Crippen molar-refractivity contribution in [2.24, 2.45) is 5.92 Å². The van der Waals surface area contributed by atoms with E-state index in [4.69, 9.17) is 5.11 Å². The van der Waals surface area contributed by atoms with E-state index in [9.17, 15) is 9.59 Å². The number of hydrogen-bond donors (Lipinski definition) is 2. The highest BCUT2D eigenvalue weighted by Crippen LogP contribution is 2.09. The molecule has 0 bridgehead atoms. The van der Waals surface area contributed by atoms with Crippen LogP contribution in [0, 0.1) is 12.8 Å². The summed E-state index contributed by atoms with van der Waals surface area (Å²) < 4.78 is 0. The molecule has 0 aromatic heterocycles. The average molecular weight is 235 g/mol. The highest BCUT2D eigenvalue weighted by atomic mass is 16.4. The molecule has 1 rings (SSSR count). The molecule has 2 N–H and O–H groups in total. The van der Waals surface area contributed by atoms with E-state index in [0.29, 0.717) is 6.42 Å². The van der Waals surface area contributed by atoms with Crippen molar-refractivity contribution in [2.45, 2.75) is 20.3 Å². The first kappa shape index (κ1) is 13.2. The molecule has 92 valence electrons. The van der Waals surface area contributed by atoms with Gasteiger partial charge in [-0.15, -0.1) is 0 Å². The van der Waals surface area contributed by atoms with Crippen LogP contribution in [0.2, 0.25) is 0 Å². The minimum absolute atomic E-state index is 0.225. The van der Waals surface area contributed by atoms with Crippen molar-refractivity contribution in [3.05, 3.63) is 35.4 Å². The molecule has 0 saturated heterocycles. The molecule has 0 fully saturated rings. The van der Waals surface area contributed by atoms with E-state index in [1.54, 1.807) is 6.92 Å². The summed E-state index contributed by atoms with van der Waals surface area (Å²) in [5, 5.41) is 10.8. The van der Waals surface area contributed by atoms with Gasteiger partial charge in [0.15, 0.2) is 0 Å². The van der Waals surface area contributed by atoms with E-state index in [2.05, 4.69) is 5.32 Å². The minimum Gasteiger partial charge on any atom is -0.480 e. The summed E-state index contributed by atoms with van der Waals surface area (Å²) >= 11 is 0. The van der Waals surface area contributed by atoms with Crippen LogP contribution in [0.1, 0.15) is 18.1 Å². The number of carbonyl (C=O) groups is 2. The molecule has 0 aliphatic rings. The van der Waals surface area contributed by atoms with Gasteiger partial charge >= 0.3 is 5.97 Å². The van der Waals surface area contributed by atoms with Gasteiger partial charge in [0.05, 0.1) is 0 Å². The number of carbonyl (C=O) groups excluding carboxylic acids is 1. The summed E-state index contributed by atoms with van der Waals surface area (Å²) in [5.41, 5.74) is 2.25. The van der Waals surface area contributed by atoms with Crippen LogP contribution in [0.3, 0.4) is 0 Å². The lowest BCUT2D eigenvalue weighted by Crippen LogP contribution is -2.34. The van der Waals surface area contributed by atoms with Crippen LogP contribution in [-0.4, -0.2) is 23.5 Å². The molecule has 0 spiro atoms. The second-order valence-corrected chi connectivity index (χ2v) is 4.20. The molecule has 0 heterocycles. The summed E-state index contributed by atoms with van der Waals surface area (Å²) in [5.74, 6) is -1.48. The largest absolute Gasteiger partial charge is 0.480 e. The number of amides is 1. The van der Waals surface area contributed by atoms with Gasteiger partial charge in [0.1, 0.15) is 6.54 Å². The summed E-state index contributed by atoms with van der Waals surface area (Å²) in [7, 11) is 0. The van der Waals surface area contributed by atoms with E-state index < -0.39 is 5.97 Å². The maximum atomic E-state index is 11.5. The maximum absolute atomic E-state index is 11.5. The molecule has 0 aliphatic carbocycles. The van der Waals surface area contributed by atoms with E-state index in [1.165, 1.54) is 5.56 Å². The molecule has 1 aromatic rings. The van der Waals surface area contributed by atoms with Crippen molar-refractivity contribution in [1.29, 1.82) is 0 Å². The van der Waals surface area contributed by atoms with Crippen molar-refractivity contribution in [3.63, 3.8) is 0 Å². The SMILES string of the molecule is Cc1ccc(CC(C)C(=O)NCC(=O)O)cc1. The quantitative estimate of drug-likeness (QED) is 0.810. The Kier molecular flexibility index (Phi) is 4.69. The second-order valence-electron chi connectivity index (χ2n) is 4.20. The van der Waals surface area contributed by atoms with Gasteiger partial charge in [-0.2, -0.15) is 0 Å². The Morgan fingerprint density at radius 1 is 1.29 bits per heavy atom. The lowest BCUT2D eigenvalue weighted by atomic mass is 9.99. The number of hydrogen-bond acceptors (Lipinski definition) is 2. The van der Waals surface area contributed by atoms with Gasteiger partial charge in [0, 0.05) is 5.92 Å². The number of carboxylic acid groups (broad SMARTS) is 1. The first-order chi connectivity index (χ1) is 7.99. The minimum atomic E-state index is -1.03. The lowest BCUT2D eigenvalue weighted by Gasteiger charge is -2.11. The van der Waals surface area contributed by atoms with E-state index in [-0.39, 0.29) is 18.4 Å². The fourth-order valence-electron chi connectivity index (χ4n) is 1.51. The number of nitrogens with one attached hydrogen (secondary N) is 1. The van der Waals surface area contributed by atoms with Crippen LogP contribution < -0.4 is 5.32 Å². The van der Waals surface area contributed by atoms with Gasteiger partial charge in [-0.1, -0.05) is 36.8 Å². The van der Waals surface area contributed by atoms with Crippen molar-refractivity contribution >= 4 is 11.9 Å². The molecule has 1 atom stereocenters. The average Bonchev–Trinajstić information content (AvgIpc) is 2.28. The predicted octanol–water partition coefficient (Wildman–Crippen LogP) is 1.37. The number of rotatable bonds is 5. The van der Waals surface area contributed by atoms with Gasteiger partial charge in [-0.3, -0.25) is 9.59 Å². The molecule has 4 heteroatoms. The second kappa shape index (κ2) is 6.03. The first-order valence-corrected chi connectivity index (χ1v) is 5.54. The Balaban J connectivity index is 2.48. The van der Waals surface area contributed by atoms with Gasteiger partial charge in [-0.25, -0.2) is 0 Å². The third-order valence-electron chi connectivity index (χ3n) is 2.52. The van der Waals surface area contributed by atoms with Gasteiger partial charge in [0.2, 0.25) is 5.91 Å². The highest BCUT2D eigenvalue weighted by molar-refractivity contribution is 5.82. The Bertz CT molecular complexity index is 398. The van der Waals surface area contributed by atoms with Crippen LogP contribution in [0.5, 0.6) is 0 Å². The van der Waals surface area contributed by atoms with Crippen molar-refractivity contribution < 1.29 is 14.7 Å². The zero-order chi connectivity index (χ0) is 12.8. The molecule has 1 aromatic carbocycles. The molecular weight excluding hydrogens is 218 g/mol. The van der Waals surface area contributed by atoms with Gasteiger partial charge in [-0.05, 0) is 18.9 Å². The van der Waals surface area contributed by atoms with Gasteiger partial charge < -0.3 is 10.4 Å². The number of aryl methyl sites for hydroxylation is 1. The number of carboxylic acids is 1. The Morgan fingerprint density at radius 2 is 1.88 bits per heavy atom. The molecule has 4 nitrogen and oxygen atoms in total. The Labute approximate surface area is 101 Å². The van der Waals surface area contributed by atoms with Crippen LogP contribution in [0.15, 0.2) is 24.3 Å². The lowest BCUT2D eigenvalue weighted by molar-refractivity contribution is -0.138. The van der Waals surface area contributed by atoms with Crippen LogP contribution in [0.4, 0.5) is 0 Å². The molecular formula is C13H17NO3. The highest BCUT2D eigenvalue weighted by Gasteiger charge is 2.13. The topological polar surface area (TPSA) is 66.4 Å². The smallest absolute Gasteiger partial charge is 0.322 e. The summed E-state index contributed by atoms with van der Waals surface area (Å²) in [4.78, 5) is 21.9. The third kappa shape index (κ3) is 4.68. The number of aliphatic carboxylic acids is 1. The molecule has 0 radical (unpaired) electrons. The fraction of sp³-hybridized carbons (Fsp3) is 0.385. The number of benzene rings is 1. The fourth-order valence-corrected chi connectivity index (χ4v) is 1.51. The Hall–Kier alpha value is -1.84. The molecule has 0 aliphatic heterocycles. The monoisotopic (exact) mass is 235 g/mol.